The zero-order valence-corrected chi connectivity index (χ0v) is 11.4. The van der Waals surface area contributed by atoms with Crippen molar-refractivity contribution in [3.05, 3.63) is 23.8 Å². The fourth-order valence-electron chi connectivity index (χ4n) is 1.54. The van der Waals surface area contributed by atoms with Crippen LogP contribution in [0.3, 0.4) is 0 Å². The molecule has 0 heterocycles. The number of ether oxygens (including phenoxy) is 3. The molecule has 0 saturated carbocycles. The Kier molecular flexibility index (Phi) is 6.60. The molecule has 0 aliphatic carbocycles. The minimum atomic E-state index is -4.31. The first kappa shape index (κ1) is 16.6. The fourth-order valence-corrected chi connectivity index (χ4v) is 1.54. The molecule has 0 saturated heterocycles. The van der Waals surface area contributed by atoms with E-state index in [0.29, 0.717) is 18.0 Å². The zero-order valence-electron chi connectivity index (χ0n) is 11.4. The highest BCUT2D eigenvalue weighted by atomic mass is 19.4. The molecule has 0 aromatic heterocycles. The molecule has 114 valence electrons. The van der Waals surface area contributed by atoms with Crippen LogP contribution in [0.15, 0.2) is 18.2 Å². The first-order valence-electron chi connectivity index (χ1n) is 6.05. The van der Waals surface area contributed by atoms with Gasteiger partial charge in [-0.25, -0.2) is 0 Å². The molecule has 0 bridgehead atoms. The van der Waals surface area contributed by atoms with Crippen molar-refractivity contribution >= 4 is 0 Å². The second-order valence-electron chi connectivity index (χ2n) is 4.03. The van der Waals surface area contributed by atoms with Crippen molar-refractivity contribution in [3.8, 4) is 11.5 Å². The third-order valence-corrected chi connectivity index (χ3v) is 2.36. The Morgan fingerprint density at radius 1 is 1.15 bits per heavy atom. The van der Waals surface area contributed by atoms with Crippen LogP contribution in [-0.2, 0) is 11.3 Å². The normalized spacial score (nSPS) is 11.4. The molecule has 1 aromatic carbocycles. The first-order chi connectivity index (χ1) is 9.46. The van der Waals surface area contributed by atoms with Crippen molar-refractivity contribution in [2.24, 2.45) is 0 Å². The summed E-state index contributed by atoms with van der Waals surface area (Å²) >= 11 is 0. The zero-order chi connectivity index (χ0) is 15.0. The van der Waals surface area contributed by atoms with Gasteiger partial charge in [0.1, 0.15) is 13.2 Å². The lowest BCUT2D eigenvalue weighted by Crippen LogP contribution is -2.19. The Morgan fingerprint density at radius 3 is 2.50 bits per heavy atom. The van der Waals surface area contributed by atoms with E-state index in [1.165, 1.54) is 7.11 Å². The predicted octanol–water partition coefficient (Wildman–Crippen LogP) is 2.37. The van der Waals surface area contributed by atoms with E-state index in [1.807, 2.05) is 19.2 Å². The number of benzene rings is 1. The van der Waals surface area contributed by atoms with Gasteiger partial charge in [-0.3, -0.25) is 0 Å². The smallest absolute Gasteiger partial charge is 0.411 e. The SMILES string of the molecule is CNCc1ccc(OCCOCC(F)(F)F)c(OC)c1. The second kappa shape index (κ2) is 7.96. The van der Waals surface area contributed by atoms with Gasteiger partial charge in [-0.05, 0) is 24.7 Å². The molecular weight excluding hydrogens is 275 g/mol. The topological polar surface area (TPSA) is 39.7 Å². The summed E-state index contributed by atoms with van der Waals surface area (Å²) in [5.41, 5.74) is 1.02. The maximum atomic E-state index is 11.8. The van der Waals surface area contributed by atoms with Crippen molar-refractivity contribution in [2.75, 3.05) is 34.0 Å². The van der Waals surface area contributed by atoms with Gasteiger partial charge in [0.15, 0.2) is 11.5 Å². The van der Waals surface area contributed by atoms with Crippen LogP contribution in [0.5, 0.6) is 11.5 Å². The van der Waals surface area contributed by atoms with Gasteiger partial charge in [0.2, 0.25) is 0 Å². The van der Waals surface area contributed by atoms with Crippen LogP contribution in [0.1, 0.15) is 5.56 Å². The Morgan fingerprint density at radius 2 is 1.90 bits per heavy atom. The van der Waals surface area contributed by atoms with Gasteiger partial charge in [0, 0.05) is 6.54 Å². The van der Waals surface area contributed by atoms with Crippen molar-refractivity contribution in [1.82, 2.24) is 5.32 Å². The average Bonchev–Trinajstić information content (AvgIpc) is 2.38. The lowest BCUT2D eigenvalue weighted by molar-refractivity contribution is -0.175. The van der Waals surface area contributed by atoms with Gasteiger partial charge in [-0.1, -0.05) is 6.07 Å². The van der Waals surface area contributed by atoms with Crippen LogP contribution in [-0.4, -0.2) is 40.2 Å². The van der Waals surface area contributed by atoms with Gasteiger partial charge >= 0.3 is 6.18 Å². The molecule has 0 unspecified atom stereocenters. The van der Waals surface area contributed by atoms with Crippen molar-refractivity contribution in [3.63, 3.8) is 0 Å². The largest absolute Gasteiger partial charge is 0.493 e. The standard InChI is InChI=1S/C13H18F3NO3/c1-17-8-10-3-4-11(12(7-10)18-2)20-6-5-19-9-13(14,15)16/h3-4,7,17H,5-6,8-9H2,1-2H3. The van der Waals surface area contributed by atoms with Gasteiger partial charge in [-0.2, -0.15) is 13.2 Å². The molecule has 0 amide bonds. The summed E-state index contributed by atoms with van der Waals surface area (Å²) in [5.74, 6) is 1.01. The minimum Gasteiger partial charge on any atom is -0.493 e. The molecule has 0 fully saturated rings. The number of hydrogen-bond donors (Lipinski definition) is 1. The number of alkyl halides is 3. The van der Waals surface area contributed by atoms with Crippen LogP contribution >= 0.6 is 0 Å². The summed E-state index contributed by atoms with van der Waals surface area (Å²) in [6.45, 7) is -0.696. The van der Waals surface area contributed by atoms with Crippen LogP contribution in [0.2, 0.25) is 0 Å². The number of rotatable bonds is 8. The van der Waals surface area contributed by atoms with Crippen molar-refractivity contribution < 1.29 is 27.4 Å². The molecule has 0 spiro atoms. The van der Waals surface area contributed by atoms with Crippen LogP contribution in [0.4, 0.5) is 13.2 Å². The summed E-state index contributed by atoms with van der Waals surface area (Å²) in [7, 11) is 3.33. The van der Waals surface area contributed by atoms with E-state index in [-0.39, 0.29) is 13.2 Å². The van der Waals surface area contributed by atoms with Crippen molar-refractivity contribution in [2.45, 2.75) is 12.7 Å². The fraction of sp³-hybridized carbons (Fsp3) is 0.538. The molecular formula is C13H18F3NO3. The molecule has 1 aromatic rings. The Labute approximate surface area is 115 Å². The number of halogens is 3. The third kappa shape index (κ3) is 6.12. The van der Waals surface area contributed by atoms with Crippen LogP contribution in [0.25, 0.3) is 0 Å². The average molecular weight is 293 g/mol. The lowest BCUT2D eigenvalue weighted by atomic mass is 10.2. The molecule has 7 heteroatoms. The Hall–Kier alpha value is -1.47. The molecule has 0 aliphatic rings. The highest BCUT2D eigenvalue weighted by Gasteiger charge is 2.27. The number of nitrogens with one attached hydrogen (secondary N) is 1. The van der Waals surface area contributed by atoms with Gasteiger partial charge in [-0.15, -0.1) is 0 Å². The first-order valence-corrected chi connectivity index (χ1v) is 6.05. The summed E-state index contributed by atoms with van der Waals surface area (Å²) < 4.78 is 50.5. The van der Waals surface area contributed by atoms with E-state index >= 15 is 0 Å². The Bertz CT molecular complexity index is 410. The highest BCUT2D eigenvalue weighted by Crippen LogP contribution is 2.28. The van der Waals surface area contributed by atoms with E-state index in [1.54, 1.807) is 6.07 Å². The number of hydrogen-bond acceptors (Lipinski definition) is 4. The van der Waals surface area contributed by atoms with Crippen molar-refractivity contribution in [1.29, 1.82) is 0 Å². The monoisotopic (exact) mass is 293 g/mol. The second-order valence-corrected chi connectivity index (χ2v) is 4.03. The number of methoxy groups -OCH3 is 1. The van der Waals surface area contributed by atoms with E-state index in [9.17, 15) is 13.2 Å². The summed E-state index contributed by atoms with van der Waals surface area (Å²) in [6, 6.07) is 5.38. The maximum absolute atomic E-state index is 11.8. The minimum absolute atomic E-state index is 0.0256. The van der Waals surface area contributed by atoms with E-state index in [2.05, 4.69) is 10.1 Å². The predicted molar refractivity (Wildman–Crippen MR) is 68.1 cm³/mol. The highest BCUT2D eigenvalue weighted by molar-refractivity contribution is 5.42. The maximum Gasteiger partial charge on any atom is 0.411 e. The third-order valence-electron chi connectivity index (χ3n) is 2.36. The van der Waals surface area contributed by atoms with Gasteiger partial charge < -0.3 is 19.5 Å². The van der Waals surface area contributed by atoms with Crippen LogP contribution < -0.4 is 14.8 Å². The van der Waals surface area contributed by atoms with Crippen LogP contribution in [0, 0.1) is 0 Å². The van der Waals surface area contributed by atoms with Gasteiger partial charge in [0.25, 0.3) is 0 Å². The summed E-state index contributed by atoms with van der Waals surface area (Å²) in [4.78, 5) is 0. The van der Waals surface area contributed by atoms with E-state index in [4.69, 9.17) is 9.47 Å². The Balaban J connectivity index is 2.43. The van der Waals surface area contributed by atoms with E-state index in [0.717, 1.165) is 5.56 Å². The molecule has 4 nitrogen and oxygen atoms in total. The molecule has 1 N–H and O–H groups in total. The van der Waals surface area contributed by atoms with Gasteiger partial charge in [0.05, 0.1) is 13.7 Å². The molecule has 0 atom stereocenters. The van der Waals surface area contributed by atoms with E-state index < -0.39 is 12.8 Å². The molecule has 0 radical (unpaired) electrons. The summed E-state index contributed by atoms with van der Waals surface area (Å²) in [6.07, 6.45) is -4.31. The molecule has 0 aliphatic heterocycles. The quantitative estimate of drug-likeness (QED) is 0.747. The molecule has 1 rings (SSSR count). The summed E-state index contributed by atoms with van der Waals surface area (Å²) in [5, 5.41) is 3.01. The lowest BCUT2D eigenvalue weighted by Gasteiger charge is -2.13. The molecule has 20 heavy (non-hydrogen) atoms.